The second-order valence-electron chi connectivity index (χ2n) is 4.06. The van der Waals surface area contributed by atoms with Crippen LogP contribution >= 0.6 is 0 Å². The molecule has 0 aromatic heterocycles. The number of aliphatic hydroxyl groups is 1. The maximum absolute atomic E-state index is 13.6. The summed E-state index contributed by atoms with van der Waals surface area (Å²) in [6.45, 7) is 2.87. The molecular weight excluding hydrogens is 219 g/mol. The summed E-state index contributed by atoms with van der Waals surface area (Å²) in [6.07, 6.45) is 1.28. The zero-order chi connectivity index (χ0) is 12.7. The van der Waals surface area contributed by atoms with Gasteiger partial charge in [-0.1, -0.05) is 12.1 Å². The van der Waals surface area contributed by atoms with Crippen LogP contribution < -0.4 is 5.32 Å². The van der Waals surface area contributed by atoms with Gasteiger partial charge in [0.05, 0.1) is 11.7 Å². The second-order valence-corrected chi connectivity index (χ2v) is 4.06. The molecule has 1 unspecified atom stereocenters. The first-order valence-corrected chi connectivity index (χ1v) is 5.71. The van der Waals surface area contributed by atoms with Crippen molar-refractivity contribution in [3.8, 4) is 6.07 Å². The van der Waals surface area contributed by atoms with Crippen LogP contribution in [0.5, 0.6) is 0 Å². The van der Waals surface area contributed by atoms with E-state index >= 15 is 0 Å². The Morgan fingerprint density at radius 2 is 2.29 bits per heavy atom. The monoisotopic (exact) mass is 236 g/mol. The molecule has 17 heavy (non-hydrogen) atoms. The number of aliphatic hydroxyl groups excluding tert-OH is 1. The normalized spacial score (nSPS) is 12.1. The first-order valence-electron chi connectivity index (χ1n) is 5.71. The van der Waals surface area contributed by atoms with Crippen molar-refractivity contribution >= 4 is 0 Å². The van der Waals surface area contributed by atoms with Crippen molar-refractivity contribution < 1.29 is 9.50 Å². The topological polar surface area (TPSA) is 56.0 Å². The van der Waals surface area contributed by atoms with Crippen LogP contribution in [0.1, 0.15) is 30.9 Å². The third-order valence-corrected chi connectivity index (χ3v) is 2.49. The average molecular weight is 236 g/mol. The van der Waals surface area contributed by atoms with E-state index in [1.807, 2.05) is 6.07 Å². The molecule has 0 amide bonds. The number of nitrogens with one attached hydrogen (secondary N) is 1. The van der Waals surface area contributed by atoms with Crippen LogP contribution in [-0.2, 0) is 6.54 Å². The van der Waals surface area contributed by atoms with E-state index in [1.54, 1.807) is 19.1 Å². The van der Waals surface area contributed by atoms with E-state index < -0.39 is 5.82 Å². The van der Waals surface area contributed by atoms with Crippen molar-refractivity contribution in [1.29, 1.82) is 5.26 Å². The third-order valence-electron chi connectivity index (χ3n) is 2.49. The summed E-state index contributed by atoms with van der Waals surface area (Å²) in [4.78, 5) is 0. The molecule has 0 aliphatic carbocycles. The van der Waals surface area contributed by atoms with Crippen molar-refractivity contribution in [2.24, 2.45) is 0 Å². The average Bonchev–Trinajstić information content (AvgIpc) is 2.30. The highest BCUT2D eigenvalue weighted by Gasteiger charge is 2.06. The smallest absolute Gasteiger partial charge is 0.145 e. The first-order chi connectivity index (χ1) is 8.15. The van der Waals surface area contributed by atoms with Crippen LogP contribution in [0.3, 0.4) is 0 Å². The molecule has 0 spiro atoms. The van der Waals surface area contributed by atoms with Crippen LogP contribution in [-0.4, -0.2) is 17.8 Å². The Kier molecular flexibility index (Phi) is 5.61. The van der Waals surface area contributed by atoms with Crippen LogP contribution in [0.4, 0.5) is 4.39 Å². The number of hydrogen-bond donors (Lipinski definition) is 2. The van der Waals surface area contributed by atoms with Crippen molar-refractivity contribution in [1.82, 2.24) is 5.32 Å². The van der Waals surface area contributed by atoms with E-state index in [4.69, 9.17) is 10.4 Å². The lowest BCUT2D eigenvalue weighted by Crippen LogP contribution is -2.17. The Morgan fingerprint density at radius 1 is 1.53 bits per heavy atom. The maximum atomic E-state index is 13.6. The summed E-state index contributed by atoms with van der Waals surface area (Å²) < 4.78 is 13.6. The second kappa shape index (κ2) is 7.00. The van der Waals surface area contributed by atoms with Gasteiger partial charge in [-0.2, -0.15) is 5.26 Å². The zero-order valence-corrected chi connectivity index (χ0v) is 9.91. The molecule has 0 saturated carbocycles. The molecular formula is C13H17FN2O. The highest BCUT2D eigenvalue weighted by Crippen LogP contribution is 2.11. The third kappa shape index (κ3) is 4.51. The first kappa shape index (κ1) is 13.6. The SMILES string of the molecule is CC(O)CCCNCc1cccc(C#N)c1F. The predicted octanol–water partition coefficient (Wildman–Crippen LogP) is 1.95. The molecule has 92 valence electrons. The van der Waals surface area contributed by atoms with Crippen LogP contribution in [0.25, 0.3) is 0 Å². The molecule has 0 saturated heterocycles. The molecule has 1 aromatic rings. The fourth-order valence-corrected chi connectivity index (χ4v) is 1.55. The highest BCUT2D eigenvalue weighted by molar-refractivity contribution is 5.34. The molecule has 0 aliphatic rings. The van der Waals surface area contributed by atoms with E-state index in [9.17, 15) is 4.39 Å². The minimum Gasteiger partial charge on any atom is -0.393 e. The molecule has 0 aliphatic heterocycles. The van der Waals surface area contributed by atoms with Crippen molar-refractivity contribution in [3.05, 3.63) is 35.1 Å². The fourth-order valence-electron chi connectivity index (χ4n) is 1.55. The van der Waals surface area contributed by atoms with Crippen LogP contribution in [0, 0.1) is 17.1 Å². The van der Waals surface area contributed by atoms with Gasteiger partial charge >= 0.3 is 0 Å². The Hall–Kier alpha value is -1.44. The van der Waals surface area contributed by atoms with Crippen molar-refractivity contribution in [2.75, 3.05) is 6.54 Å². The molecule has 0 fully saturated rings. The number of rotatable bonds is 6. The van der Waals surface area contributed by atoms with E-state index in [-0.39, 0.29) is 11.7 Å². The van der Waals surface area contributed by atoms with Gasteiger partial charge in [0.25, 0.3) is 0 Å². The van der Waals surface area contributed by atoms with Crippen molar-refractivity contribution in [2.45, 2.75) is 32.4 Å². The molecule has 0 heterocycles. The summed E-state index contributed by atoms with van der Waals surface area (Å²) in [7, 11) is 0. The summed E-state index contributed by atoms with van der Waals surface area (Å²) in [5.74, 6) is -0.446. The Morgan fingerprint density at radius 3 is 2.94 bits per heavy atom. The Bertz CT molecular complexity index is 399. The van der Waals surface area contributed by atoms with Crippen molar-refractivity contribution in [3.63, 3.8) is 0 Å². The summed E-state index contributed by atoms with van der Waals surface area (Å²) in [5, 5.41) is 20.8. The molecule has 1 atom stereocenters. The van der Waals surface area contributed by atoms with Gasteiger partial charge in [-0.05, 0) is 32.4 Å². The standard InChI is InChI=1S/C13H17FN2O/c1-10(17)4-3-7-16-9-12-6-2-5-11(8-15)13(12)14/h2,5-6,10,16-17H,3-4,7,9H2,1H3. The van der Waals surface area contributed by atoms with E-state index in [0.29, 0.717) is 12.1 Å². The zero-order valence-electron chi connectivity index (χ0n) is 9.91. The van der Waals surface area contributed by atoms with Gasteiger partial charge in [0.1, 0.15) is 11.9 Å². The number of halogens is 1. The Labute approximate surface area is 101 Å². The molecule has 3 nitrogen and oxygen atoms in total. The van der Waals surface area contributed by atoms with Gasteiger partial charge in [-0.3, -0.25) is 0 Å². The van der Waals surface area contributed by atoms with E-state index in [1.165, 1.54) is 6.07 Å². The van der Waals surface area contributed by atoms with Crippen LogP contribution in [0.2, 0.25) is 0 Å². The number of hydrogen-bond acceptors (Lipinski definition) is 3. The summed E-state index contributed by atoms with van der Waals surface area (Å²) in [5.41, 5.74) is 0.578. The van der Waals surface area contributed by atoms with Gasteiger partial charge in [0, 0.05) is 12.1 Å². The maximum Gasteiger partial charge on any atom is 0.145 e. The lowest BCUT2D eigenvalue weighted by atomic mass is 10.1. The summed E-state index contributed by atoms with van der Waals surface area (Å²) >= 11 is 0. The largest absolute Gasteiger partial charge is 0.393 e. The molecule has 2 N–H and O–H groups in total. The summed E-state index contributed by atoms with van der Waals surface area (Å²) in [6, 6.07) is 6.62. The minimum absolute atomic E-state index is 0.0771. The van der Waals surface area contributed by atoms with Gasteiger partial charge in [0.15, 0.2) is 0 Å². The molecule has 4 heteroatoms. The molecule has 1 aromatic carbocycles. The van der Waals surface area contributed by atoms with Gasteiger partial charge in [-0.15, -0.1) is 0 Å². The highest BCUT2D eigenvalue weighted by atomic mass is 19.1. The van der Waals surface area contributed by atoms with E-state index in [2.05, 4.69) is 5.32 Å². The molecule has 0 radical (unpaired) electrons. The molecule has 0 bridgehead atoms. The Balaban J connectivity index is 2.40. The number of nitriles is 1. The lowest BCUT2D eigenvalue weighted by molar-refractivity contribution is 0.181. The van der Waals surface area contributed by atoms with Gasteiger partial charge in [0.2, 0.25) is 0 Å². The lowest BCUT2D eigenvalue weighted by Gasteiger charge is -2.07. The number of nitrogens with zero attached hydrogens (tertiary/aromatic N) is 1. The quantitative estimate of drug-likeness (QED) is 0.742. The molecule has 1 rings (SSSR count). The predicted molar refractivity (Wildman–Crippen MR) is 63.7 cm³/mol. The fraction of sp³-hybridized carbons (Fsp3) is 0.462. The van der Waals surface area contributed by atoms with E-state index in [0.717, 1.165) is 19.4 Å². The minimum atomic E-state index is -0.446. The van der Waals surface area contributed by atoms with Crippen LogP contribution in [0.15, 0.2) is 18.2 Å². The van der Waals surface area contributed by atoms with Gasteiger partial charge in [-0.25, -0.2) is 4.39 Å². The van der Waals surface area contributed by atoms with Gasteiger partial charge < -0.3 is 10.4 Å². The number of benzene rings is 1.